The van der Waals surface area contributed by atoms with Gasteiger partial charge in [0.05, 0.1) is 5.56 Å². The van der Waals surface area contributed by atoms with E-state index in [-0.39, 0.29) is 10.9 Å². The third kappa shape index (κ3) is 1.93. The maximum Gasteiger partial charge on any atom is 0.188 e. The fourth-order valence-electron chi connectivity index (χ4n) is 0.705. The van der Waals surface area contributed by atoms with E-state index in [0.29, 0.717) is 5.56 Å². The lowest BCUT2D eigenvalue weighted by Crippen LogP contribution is -1.96. The molecule has 0 aliphatic carbocycles. The fourth-order valence-corrected chi connectivity index (χ4v) is 1.23. The van der Waals surface area contributed by atoms with E-state index in [2.05, 4.69) is 27.5 Å². The summed E-state index contributed by atoms with van der Waals surface area (Å²) < 4.78 is 0.720. The van der Waals surface area contributed by atoms with E-state index in [1.54, 1.807) is 6.07 Å². The van der Waals surface area contributed by atoms with Gasteiger partial charge in [0.1, 0.15) is 5.15 Å². The molecule has 12 heavy (non-hydrogen) atoms. The highest BCUT2D eigenvalue weighted by molar-refractivity contribution is 9.10. The van der Waals surface area contributed by atoms with E-state index < -0.39 is 0 Å². The molecule has 0 unspecified atom stereocenters. The fraction of sp³-hybridized carbons (Fsp3) is 0. The van der Waals surface area contributed by atoms with Crippen molar-refractivity contribution >= 4 is 33.3 Å². The molecule has 1 aromatic rings. The largest absolute Gasteiger partial charge is 0.289 e. The predicted molar refractivity (Wildman–Crippen MR) is 51.5 cm³/mol. The van der Waals surface area contributed by atoms with Crippen LogP contribution in [-0.2, 0) is 0 Å². The van der Waals surface area contributed by atoms with E-state index >= 15 is 0 Å². The van der Waals surface area contributed by atoms with Crippen molar-refractivity contribution in [2.24, 2.45) is 0 Å². The first-order valence-corrected chi connectivity index (χ1v) is 4.30. The summed E-state index contributed by atoms with van der Waals surface area (Å²) in [7, 11) is 0. The molecule has 0 amide bonds. The van der Waals surface area contributed by atoms with Crippen LogP contribution >= 0.6 is 27.5 Å². The normalized spacial score (nSPS) is 9.50. The summed E-state index contributed by atoms with van der Waals surface area (Å²) in [5.41, 5.74) is 0.362. The van der Waals surface area contributed by atoms with Gasteiger partial charge < -0.3 is 0 Å². The Morgan fingerprint density at radius 2 is 2.42 bits per heavy atom. The van der Waals surface area contributed by atoms with Crippen molar-refractivity contribution in [3.05, 3.63) is 40.1 Å². The van der Waals surface area contributed by atoms with E-state index in [1.807, 2.05) is 0 Å². The Hall–Kier alpha value is -0.670. The zero-order chi connectivity index (χ0) is 9.14. The molecule has 0 radical (unpaired) electrons. The van der Waals surface area contributed by atoms with Gasteiger partial charge in [-0.15, -0.1) is 0 Å². The Balaban J connectivity index is 3.22. The first kappa shape index (κ1) is 9.42. The van der Waals surface area contributed by atoms with E-state index in [9.17, 15) is 4.79 Å². The minimum Gasteiger partial charge on any atom is -0.289 e. The van der Waals surface area contributed by atoms with Crippen LogP contribution < -0.4 is 0 Å². The molecule has 0 spiro atoms. The quantitative estimate of drug-likeness (QED) is 0.456. The lowest BCUT2D eigenvalue weighted by Gasteiger charge is -1.98. The predicted octanol–water partition coefficient (Wildman–Crippen LogP) is 2.87. The number of halogens is 2. The molecule has 0 N–H and O–H groups in total. The summed E-state index contributed by atoms with van der Waals surface area (Å²) in [4.78, 5) is 14.9. The van der Waals surface area contributed by atoms with Crippen LogP contribution in [0.2, 0.25) is 5.15 Å². The highest BCUT2D eigenvalue weighted by Gasteiger charge is 2.07. The molecular formula is C8H5BrClNO. The molecule has 0 aliphatic heterocycles. The zero-order valence-electron chi connectivity index (χ0n) is 6.05. The second-order valence-corrected chi connectivity index (χ2v) is 3.33. The molecule has 1 rings (SSSR count). The molecule has 4 heteroatoms. The average Bonchev–Trinajstić information content (AvgIpc) is 2.08. The maximum atomic E-state index is 11.1. The van der Waals surface area contributed by atoms with Crippen LogP contribution in [0.25, 0.3) is 0 Å². The summed E-state index contributed by atoms with van der Waals surface area (Å²) in [5, 5.41) is 0.197. The number of ketones is 1. The standard InChI is InChI=1S/C8H5BrClNO/c1-2-7(12)6-3-5(9)4-11-8(6)10/h2-4H,1H2. The number of hydrogen-bond acceptors (Lipinski definition) is 2. The first-order valence-electron chi connectivity index (χ1n) is 3.13. The number of nitrogens with zero attached hydrogens (tertiary/aromatic N) is 1. The molecule has 0 fully saturated rings. The molecule has 2 nitrogen and oxygen atoms in total. The van der Waals surface area contributed by atoms with Gasteiger partial charge in [-0.1, -0.05) is 18.2 Å². The van der Waals surface area contributed by atoms with Gasteiger partial charge in [0.25, 0.3) is 0 Å². The zero-order valence-corrected chi connectivity index (χ0v) is 8.39. The minimum absolute atomic E-state index is 0.197. The molecule has 0 aromatic carbocycles. The molecule has 0 saturated heterocycles. The molecule has 0 atom stereocenters. The second kappa shape index (κ2) is 3.83. The highest BCUT2D eigenvalue weighted by Crippen LogP contribution is 2.18. The van der Waals surface area contributed by atoms with Crippen molar-refractivity contribution in [2.45, 2.75) is 0 Å². The Bertz CT molecular complexity index is 338. The molecule has 1 aromatic heterocycles. The molecule has 0 saturated carbocycles. The maximum absolute atomic E-state index is 11.1. The van der Waals surface area contributed by atoms with Gasteiger partial charge in [-0.3, -0.25) is 4.79 Å². The van der Waals surface area contributed by atoms with Gasteiger partial charge in [-0.05, 0) is 28.1 Å². The third-order valence-corrected chi connectivity index (χ3v) is 1.99. The van der Waals surface area contributed by atoms with Crippen LogP contribution in [0.4, 0.5) is 0 Å². The highest BCUT2D eigenvalue weighted by atomic mass is 79.9. The van der Waals surface area contributed by atoms with Crippen LogP contribution in [-0.4, -0.2) is 10.8 Å². The lowest BCUT2D eigenvalue weighted by atomic mass is 10.2. The summed E-state index contributed by atoms with van der Waals surface area (Å²) >= 11 is 8.86. The number of rotatable bonds is 2. The monoisotopic (exact) mass is 245 g/mol. The van der Waals surface area contributed by atoms with Gasteiger partial charge in [-0.2, -0.15) is 0 Å². The summed E-state index contributed by atoms with van der Waals surface area (Å²) in [6.07, 6.45) is 2.73. The van der Waals surface area contributed by atoms with Crippen molar-refractivity contribution < 1.29 is 4.79 Å². The summed E-state index contributed by atoms with van der Waals surface area (Å²) in [6.45, 7) is 3.36. The number of carbonyl (C=O) groups excluding carboxylic acids is 1. The minimum atomic E-state index is -0.228. The number of pyridine rings is 1. The van der Waals surface area contributed by atoms with Crippen molar-refractivity contribution in [3.63, 3.8) is 0 Å². The SMILES string of the molecule is C=CC(=O)c1cc(Br)cnc1Cl. The van der Waals surface area contributed by atoms with Gasteiger partial charge in [0, 0.05) is 10.7 Å². The number of carbonyl (C=O) groups is 1. The molecule has 0 bridgehead atoms. The van der Waals surface area contributed by atoms with Crippen LogP contribution in [0.3, 0.4) is 0 Å². The topological polar surface area (TPSA) is 30.0 Å². The first-order chi connectivity index (χ1) is 5.65. The van der Waals surface area contributed by atoms with Crippen molar-refractivity contribution in [1.29, 1.82) is 0 Å². The van der Waals surface area contributed by atoms with Crippen LogP contribution in [0.15, 0.2) is 29.4 Å². The Labute approximate surface area is 83.4 Å². The number of aromatic nitrogens is 1. The van der Waals surface area contributed by atoms with Crippen molar-refractivity contribution in [1.82, 2.24) is 4.98 Å². The van der Waals surface area contributed by atoms with Gasteiger partial charge >= 0.3 is 0 Å². The summed E-state index contributed by atoms with van der Waals surface area (Å²) in [6, 6.07) is 1.61. The number of hydrogen-bond donors (Lipinski definition) is 0. The van der Waals surface area contributed by atoms with Crippen molar-refractivity contribution in [3.8, 4) is 0 Å². The Kier molecular flexibility index (Phi) is 3.00. The number of allylic oxidation sites excluding steroid dienone is 1. The van der Waals surface area contributed by atoms with Crippen LogP contribution in [0, 0.1) is 0 Å². The summed E-state index contributed by atoms with van der Waals surface area (Å²) in [5.74, 6) is -0.228. The Morgan fingerprint density at radius 1 is 1.75 bits per heavy atom. The van der Waals surface area contributed by atoms with E-state index in [0.717, 1.165) is 4.47 Å². The molecule has 62 valence electrons. The second-order valence-electron chi connectivity index (χ2n) is 2.06. The van der Waals surface area contributed by atoms with Gasteiger partial charge in [-0.25, -0.2) is 4.98 Å². The van der Waals surface area contributed by atoms with E-state index in [4.69, 9.17) is 11.6 Å². The smallest absolute Gasteiger partial charge is 0.188 e. The Morgan fingerprint density at radius 3 is 3.00 bits per heavy atom. The van der Waals surface area contributed by atoms with E-state index in [1.165, 1.54) is 12.3 Å². The third-order valence-electron chi connectivity index (χ3n) is 1.26. The van der Waals surface area contributed by atoms with Crippen LogP contribution in [0.5, 0.6) is 0 Å². The molecule has 1 heterocycles. The van der Waals surface area contributed by atoms with Gasteiger partial charge in [0.15, 0.2) is 5.78 Å². The van der Waals surface area contributed by atoms with Crippen LogP contribution in [0.1, 0.15) is 10.4 Å². The van der Waals surface area contributed by atoms with Crippen molar-refractivity contribution in [2.75, 3.05) is 0 Å². The van der Waals surface area contributed by atoms with Gasteiger partial charge in [0.2, 0.25) is 0 Å². The molecule has 0 aliphatic rings. The molecular weight excluding hydrogens is 241 g/mol. The lowest BCUT2D eigenvalue weighted by molar-refractivity contribution is 0.104. The average molecular weight is 246 g/mol.